The van der Waals surface area contributed by atoms with Crippen LogP contribution in [0.25, 0.3) is 38.3 Å². The van der Waals surface area contributed by atoms with E-state index in [2.05, 4.69) is 138 Å². The summed E-state index contributed by atoms with van der Waals surface area (Å²) in [5.74, 6) is 0. The van der Waals surface area contributed by atoms with Gasteiger partial charge in [0.25, 0.3) is 0 Å². The van der Waals surface area contributed by atoms with Crippen molar-refractivity contribution in [1.82, 2.24) is 4.57 Å². The number of fused-ring (bicyclic) bond motifs is 4. The highest BCUT2D eigenvalue weighted by Gasteiger charge is 2.11. The molecule has 2 nitrogen and oxygen atoms in total. The van der Waals surface area contributed by atoms with Gasteiger partial charge >= 0.3 is 0 Å². The third-order valence-corrected chi connectivity index (χ3v) is 5.73. The Kier molecular flexibility index (Phi) is 5.59. The molecule has 0 atom stereocenters. The summed E-state index contributed by atoms with van der Waals surface area (Å²) in [6.45, 7) is 3.06. The Labute approximate surface area is 188 Å². The second-order valence-corrected chi connectivity index (χ2v) is 7.80. The van der Waals surface area contributed by atoms with E-state index in [1.54, 1.807) is 0 Å². The summed E-state index contributed by atoms with van der Waals surface area (Å²) in [4.78, 5) is 0. The molecule has 32 heavy (non-hydrogen) atoms. The largest absolute Gasteiger partial charge is 0.385 e. The van der Waals surface area contributed by atoms with Crippen LogP contribution in [0.15, 0.2) is 121 Å². The third kappa shape index (κ3) is 3.83. The SMILES string of the molecule is CCNc1ccc2c(c1)c1ccccc1n2-c1ccccc1.c1ccc2ccccc2c1. The molecule has 1 N–H and O–H groups in total. The van der Waals surface area contributed by atoms with Crippen molar-refractivity contribution in [2.75, 3.05) is 11.9 Å². The number of nitrogens with one attached hydrogen (secondary N) is 1. The molecule has 0 spiro atoms. The second-order valence-electron chi connectivity index (χ2n) is 7.80. The Morgan fingerprint density at radius 1 is 0.562 bits per heavy atom. The van der Waals surface area contributed by atoms with E-state index in [4.69, 9.17) is 0 Å². The molecular formula is C30H26N2. The molecule has 1 aromatic heterocycles. The van der Waals surface area contributed by atoms with Crippen molar-refractivity contribution in [2.24, 2.45) is 0 Å². The second kappa shape index (κ2) is 8.99. The monoisotopic (exact) mass is 414 g/mol. The molecule has 156 valence electrons. The molecule has 0 aliphatic carbocycles. The van der Waals surface area contributed by atoms with Crippen LogP contribution >= 0.6 is 0 Å². The summed E-state index contributed by atoms with van der Waals surface area (Å²) in [5.41, 5.74) is 4.86. The maximum Gasteiger partial charge on any atom is 0.0542 e. The predicted octanol–water partition coefficient (Wildman–Crippen LogP) is 8.06. The summed E-state index contributed by atoms with van der Waals surface area (Å²) < 4.78 is 2.33. The maximum atomic E-state index is 3.40. The van der Waals surface area contributed by atoms with Crippen LogP contribution in [0.1, 0.15) is 6.92 Å². The first-order chi connectivity index (χ1) is 15.8. The number of benzene rings is 5. The Morgan fingerprint density at radius 3 is 1.78 bits per heavy atom. The van der Waals surface area contributed by atoms with Gasteiger partial charge in [-0.15, -0.1) is 0 Å². The first kappa shape index (κ1) is 19.9. The lowest BCUT2D eigenvalue weighted by molar-refractivity contribution is 1.18. The molecule has 0 saturated heterocycles. The minimum atomic E-state index is 0.933. The van der Waals surface area contributed by atoms with Gasteiger partial charge in [0.15, 0.2) is 0 Å². The van der Waals surface area contributed by atoms with E-state index >= 15 is 0 Å². The molecule has 0 fully saturated rings. The highest BCUT2D eigenvalue weighted by molar-refractivity contribution is 6.10. The highest BCUT2D eigenvalue weighted by Crippen LogP contribution is 2.33. The van der Waals surface area contributed by atoms with Gasteiger partial charge in [-0.1, -0.05) is 84.9 Å². The first-order valence-corrected chi connectivity index (χ1v) is 11.1. The Bertz CT molecular complexity index is 1410. The molecule has 6 aromatic rings. The third-order valence-electron chi connectivity index (χ3n) is 5.73. The van der Waals surface area contributed by atoms with Gasteiger partial charge < -0.3 is 9.88 Å². The number of hydrogen-bond donors (Lipinski definition) is 1. The number of anilines is 1. The molecule has 5 aromatic carbocycles. The van der Waals surface area contributed by atoms with E-state index in [0.717, 1.165) is 6.54 Å². The number of rotatable bonds is 3. The van der Waals surface area contributed by atoms with Gasteiger partial charge in [-0.25, -0.2) is 0 Å². The minimum Gasteiger partial charge on any atom is -0.385 e. The van der Waals surface area contributed by atoms with Crippen molar-refractivity contribution in [3.63, 3.8) is 0 Å². The van der Waals surface area contributed by atoms with E-state index in [0.29, 0.717) is 0 Å². The van der Waals surface area contributed by atoms with Crippen molar-refractivity contribution in [2.45, 2.75) is 6.92 Å². The zero-order valence-corrected chi connectivity index (χ0v) is 18.2. The average molecular weight is 415 g/mol. The fourth-order valence-corrected chi connectivity index (χ4v) is 4.28. The number of aromatic nitrogens is 1. The van der Waals surface area contributed by atoms with E-state index < -0.39 is 0 Å². The molecule has 0 amide bonds. The molecule has 0 radical (unpaired) electrons. The summed E-state index contributed by atoms with van der Waals surface area (Å²) in [6, 6.07) is 42.5. The maximum absolute atomic E-state index is 3.40. The summed E-state index contributed by atoms with van der Waals surface area (Å²) in [5, 5.41) is 8.61. The van der Waals surface area contributed by atoms with Crippen LogP contribution in [0, 0.1) is 0 Å². The number of nitrogens with zero attached hydrogens (tertiary/aromatic N) is 1. The average Bonchev–Trinajstić information content (AvgIpc) is 3.19. The lowest BCUT2D eigenvalue weighted by Gasteiger charge is -2.08. The van der Waals surface area contributed by atoms with Crippen molar-refractivity contribution in [3.05, 3.63) is 121 Å². The van der Waals surface area contributed by atoms with E-state index in [-0.39, 0.29) is 0 Å². The van der Waals surface area contributed by atoms with Gasteiger partial charge in [0, 0.05) is 28.7 Å². The van der Waals surface area contributed by atoms with Crippen molar-refractivity contribution >= 4 is 38.3 Å². The van der Waals surface area contributed by atoms with E-state index in [1.165, 1.54) is 44.0 Å². The van der Waals surface area contributed by atoms with Crippen LogP contribution in [-0.2, 0) is 0 Å². The Balaban J connectivity index is 0.000000180. The van der Waals surface area contributed by atoms with Gasteiger partial charge in [0.2, 0.25) is 0 Å². The van der Waals surface area contributed by atoms with Crippen molar-refractivity contribution in [3.8, 4) is 5.69 Å². The van der Waals surface area contributed by atoms with Crippen LogP contribution in [0.4, 0.5) is 5.69 Å². The molecule has 6 rings (SSSR count). The summed E-state index contributed by atoms with van der Waals surface area (Å²) in [7, 11) is 0. The fourth-order valence-electron chi connectivity index (χ4n) is 4.28. The Hall–Kier alpha value is -4.04. The number of hydrogen-bond acceptors (Lipinski definition) is 1. The van der Waals surface area contributed by atoms with Crippen LogP contribution in [0.5, 0.6) is 0 Å². The van der Waals surface area contributed by atoms with Gasteiger partial charge in [-0.2, -0.15) is 0 Å². The van der Waals surface area contributed by atoms with Gasteiger partial charge in [0.1, 0.15) is 0 Å². The predicted molar refractivity (Wildman–Crippen MR) is 139 cm³/mol. The number of para-hydroxylation sites is 2. The molecule has 0 bridgehead atoms. The molecular weight excluding hydrogens is 388 g/mol. The van der Waals surface area contributed by atoms with Crippen molar-refractivity contribution < 1.29 is 0 Å². The zero-order chi connectivity index (χ0) is 21.8. The van der Waals surface area contributed by atoms with Crippen LogP contribution in [0.2, 0.25) is 0 Å². The van der Waals surface area contributed by atoms with E-state index in [9.17, 15) is 0 Å². The fraction of sp³-hybridized carbons (Fsp3) is 0.0667. The molecule has 0 aliphatic rings. The lowest BCUT2D eigenvalue weighted by Crippen LogP contribution is -1.96. The normalized spacial score (nSPS) is 10.8. The topological polar surface area (TPSA) is 17.0 Å². The molecule has 0 aliphatic heterocycles. The van der Waals surface area contributed by atoms with Crippen LogP contribution in [-0.4, -0.2) is 11.1 Å². The molecule has 0 saturated carbocycles. The van der Waals surface area contributed by atoms with Gasteiger partial charge in [-0.05, 0) is 54.1 Å². The summed E-state index contributed by atoms with van der Waals surface area (Å²) in [6.07, 6.45) is 0. The smallest absolute Gasteiger partial charge is 0.0542 e. The van der Waals surface area contributed by atoms with Crippen LogP contribution in [0.3, 0.4) is 0 Å². The van der Waals surface area contributed by atoms with Gasteiger partial charge in [0.05, 0.1) is 11.0 Å². The minimum absolute atomic E-state index is 0.933. The first-order valence-electron chi connectivity index (χ1n) is 11.1. The Morgan fingerprint density at radius 2 is 1.12 bits per heavy atom. The molecule has 0 unspecified atom stereocenters. The van der Waals surface area contributed by atoms with Crippen LogP contribution < -0.4 is 5.32 Å². The van der Waals surface area contributed by atoms with Gasteiger partial charge in [-0.3, -0.25) is 0 Å². The quantitative estimate of drug-likeness (QED) is 0.310. The van der Waals surface area contributed by atoms with E-state index in [1.807, 2.05) is 0 Å². The summed E-state index contributed by atoms with van der Waals surface area (Å²) >= 11 is 0. The van der Waals surface area contributed by atoms with Crippen molar-refractivity contribution in [1.29, 1.82) is 0 Å². The zero-order valence-electron chi connectivity index (χ0n) is 18.2. The molecule has 1 heterocycles. The molecule has 2 heteroatoms. The highest BCUT2D eigenvalue weighted by atomic mass is 15.0. The lowest BCUT2D eigenvalue weighted by atomic mass is 10.1. The standard InChI is InChI=1S/C20H18N2.C10H8/c1-2-21-15-12-13-20-18(14-15)17-10-6-7-11-19(17)22(20)16-8-4-3-5-9-16;1-2-6-10-8-4-3-7-9(10)5-1/h3-14,21H,2H2,1H3;1-8H.